The van der Waals surface area contributed by atoms with Crippen molar-refractivity contribution in [2.24, 2.45) is 0 Å². The summed E-state index contributed by atoms with van der Waals surface area (Å²) in [5, 5.41) is 3.64. The number of rotatable bonds is 2. The summed E-state index contributed by atoms with van der Waals surface area (Å²) in [5.41, 5.74) is 7.11. The van der Waals surface area contributed by atoms with E-state index in [4.69, 9.17) is 24.5 Å². The van der Waals surface area contributed by atoms with Gasteiger partial charge in [0.2, 0.25) is 12.7 Å². The van der Waals surface area contributed by atoms with Crippen LogP contribution < -0.4 is 19.9 Å². The number of fused-ring (bicyclic) bond motifs is 1. The molecule has 1 aromatic heterocycles. The summed E-state index contributed by atoms with van der Waals surface area (Å²) < 4.78 is 20.7. The molecule has 88 valence electrons. The molecule has 6 nitrogen and oxygen atoms in total. The Kier molecular flexibility index (Phi) is 2.07. The standard InChI is InChI=1S/C11H10N2O4/c1-14-8-3-10-9(15-5-16-10)2-6(8)7-4-13-17-11(7)12/h2-4H,5,12H2,1H3. The molecule has 0 amide bonds. The summed E-state index contributed by atoms with van der Waals surface area (Å²) in [6.07, 6.45) is 1.54. The van der Waals surface area contributed by atoms with E-state index in [2.05, 4.69) is 5.16 Å². The molecule has 6 heteroatoms. The average Bonchev–Trinajstić information content (AvgIpc) is 2.94. The molecule has 0 saturated heterocycles. The second-order valence-electron chi connectivity index (χ2n) is 3.51. The Labute approximate surface area is 96.9 Å². The van der Waals surface area contributed by atoms with Gasteiger partial charge >= 0.3 is 0 Å². The number of methoxy groups -OCH3 is 1. The minimum Gasteiger partial charge on any atom is -0.496 e. The summed E-state index contributed by atoms with van der Waals surface area (Å²) >= 11 is 0. The van der Waals surface area contributed by atoms with Gasteiger partial charge in [-0.2, -0.15) is 0 Å². The zero-order valence-electron chi connectivity index (χ0n) is 9.10. The molecule has 17 heavy (non-hydrogen) atoms. The van der Waals surface area contributed by atoms with Crippen molar-refractivity contribution < 1.29 is 18.7 Å². The molecule has 0 radical (unpaired) electrons. The first kappa shape index (κ1) is 9.83. The molecule has 2 N–H and O–H groups in total. The number of nitrogens with two attached hydrogens (primary N) is 1. The molecule has 0 bridgehead atoms. The largest absolute Gasteiger partial charge is 0.496 e. The molecule has 2 aromatic rings. The number of anilines is 1. The highest BCUT2D eigenvalue weighted by atomic mass is 16.7. The van der Waals surface area contributed by atoms with E-state index in [0.29, 0.717) is 22.8 Å². The molecular weight excluding hydrogens is 224 g/mol. The van der Waals surface area contributed by atoms with Crippen LogP contribution in [0.15, 0.2) is 22.9 Å². The van der Waals surface area contributed by atoms with Crippen molar-refractivity contribution in [2.75, 3.05) is 19.6 Å². The molecule has 3 rings (SSSR count). The van der Waals surface area contributed by atoms with Gasteiger partial charge in [0, 0.05) is 11.6 Å². The number of benzene rings is 1. The molecule has 0 saturated carbocycles. The summed E-state index contributed by atoms with van der Waals surface area (Å²) in [6, 6.07) is 3.55. The van der Waals surface area contributed by atoms with Gasteiger partial charge in [-0.15, -0.1) is 0 Å². The molecule has 1 aliphatic rings. The molecule has 0 spiro atoms. The van der Waals surface area contributed by atoms with Crippen LogP contribution in [0.25, 0.3) is 11.1 Å². The van der Waals surface area contributed by atoms with Gasteiger partial charge < -0.3 is 24.5 Å². The number of aromatic nitrogens is 1. The van der Waals surface area contributed by atoms with Crippen molar-refractivity contribution >= 4 is 5.88 Å². The lowest BCUT2D eigenvalue weighted by atomic mass is 10.1. The Morgan fingerprint density at radius 2 is 2.00 bits per heavy atom. The van der Waals surface area contributed by atoms with E-state index in [1.807, 2.05) is 0 Å². The Morgan fingerprint density at radius 1 is 1.24 bits per heavy atom. The van der Waals surface area contributed by atoms with Gasteiger partial charge in [0.1, 0.15) is 5.75 Å². The van der Waals surface area contributed by atoms with Crippen LogP contribution in [0, 0.1) is 0 Å². The third-order valence-corrected chi connectivity index (χ3v) is 2.58. The van der Waals surface area contributed by atoms with Crippen molar-refractivity contribution in [1.29, 1.82) is 0 Å². The van der Waals surface area contributed by atoms with Crippen LogP contribution in [0.1, 0.15) is 0 Å². The molecule has 0 atom stereocenters. The number of hydrogen-bond donors (Lipinski definition) is 1. The second-order valence-corrected chi connectivity index (χ2v) is 3.51. The normalized spacial score (nSPS) is 12.8. The zero-order chi connectivity index (χ0) is 11.8. The number of ether oxygens (including phenoxy) is 3. The predicted octanol–water partition coefficient (Wildman–Crippen LogP) is 1.66. The number of nitrogen functional groups attached to an aromatic ring is 1. The lowest BCUT2D eigenvalue weighted by Gasteiger charge is -2.08. The highest BCUT2D eigenvalue weighted by molar-refractivity contribution is 5.79. The van der Waals surface area contributed by atoms with Crippen LogP contribution in [0.5, 0.6) is 17.2 Å². The maximum absolute atomic E-state index is 5.68. The lowest BCUT2D eigenvalue weighted by Crippen LogP contribution is -1.92. The fraction of sp³-hybridized carbons (Fsp3) is 0.182. The topological polar surface area (TPSA) is 79.7 Å². The van der Waals surface area contributed by atoms with Crippen LogP contribution in [0.4, 0.5) is 5.88 Å². The first-order chi connectivity index (χ1) is 8.29. The number of hydrogen-bond acceptors (Lipinski definition) is 6. The highest BCUT2D eigenvalue weighted by Gasteiger charge is 2.20. The van der Waals surface area contributed by atoms with Crippen molar-refractivity contribution in [1.82, 2.24) is 5.16 Å². The van der Waals surface area contributed by atoms with Gasteiger partial charge in [0.25, 0.3) is 0 Å². The van der Waals surface area contributed by atoms with Gasteiger partial charge in [-0.3, -0.25) is 0 Å². The molecule has 0 fully saturated rings. The fourth-order valence-corrected chi connectivity index (χ4v) is 1.75. The Balaban J connectivity index is 2.19. The smallest absolute Gasteiger partial charge is 0.231 e. The Hall–Kier alpha value is -2.37. The van der Waals surface area contributed by atoms with Crippen LogP contribution in [-0.4, -0.2) is 19.1 Å². The third kappa shape index (κ3) is 1.45. The minimum absolute atomic E-state index is 0.209. The van der Waals surface area contributed by atoms with Gasteiger partial charge in [-0.05, 0) is 6.07 Å². The monoisotopic (exact) mass is 234 g/mol. The summed E-state index contributed by atoms with van der Waals surface area (Å²) in [7, 11) is 1.57. The van der Waals surface area contributed by atoms with Crippen molar-refractivity contribution in [3.8, 4) is 28.4 Å². The van der Waals surface area contributed by atoms with Gasteiger partial charge in [0.05, 0.1) is 18.9 Å². The molecular formula is C11H10N2O4. The molecule has 2 heterocycles. The fourth-order valence-electron chi connectivity index (χ4n) is 1.75. The first-order valence-electron chi connectivity index (χ1n) is 4.97. The third-order valence-electron chi connectivity index (χ3n) is 2.58. The van der Waals surface area contributed by atoms with Crippen LogP contribution in [0.2, 0.25) is 0 Å². The van der Waals surface area contributed by atoms with Gasteiger partial charge in [-0.25, -0.2) is 0 Å². The van der Waals surface area contributed by atoms with Crippen LogP contribution in [-0.2, 0) is 0 Å². The minimum atomic E-state index is 0.209. The van der Waals surface area contributed by atoms with Crippen molar-refractivity contribution in [3.63, 3.8) is 0 Å². The molecule has 1 aliphatic heterocycles. The Morgan fingerprint density at radius 3 is 2.65 bits per heavy atom. The predicted molar refractivity (Wildman–Crippen MR) is 59.0 cm³/mol. The van der Waals surface area contributed by atoms with Gasteiger partial charge in [-0.1, -0.05) is 5.16 Å². The molecule has 0 unspecified atom stereocenters. The first-order valence-corrected chi connectivity index (χ1v) is 4.97. The maximum Gasteiger partial charge on any atom is 0.231 e. The van der Waals surface area contributed by atoms with E-state index in [1.165, 1.54) is 6.20 Å². The van der Waals surface area contributed by atoms with E-state index in [0.717, 1.165) is 5.56 Å². The molecule has 1 aromatic carbocycles. The Bertz CT molecular complexity index is 565. The lowest BCUT2D eigenvalue weighted by molar-refractivity contribution is 0.174. The zero-order valence-corrected chi connectivity index (χ0v) is 9.10. The highest BCUT2D eigenvalue weighted by Crippen LogP contribution is 2.43. The van der Waals surface area contributed by atoms with E-state index in [-0.39, 0.29) is 12.7 Å². The van der Waals surface area contributed by atoms with Crippen LogP contribution >= 0.6 is 0 Å². The van der Waals surface area contributed by atoms with E-state index in [1.54, 1.807) is 19.2 Å². The SMILES string of the molecule is COc1cc2c(cc1-c1cnoc1N)OCO2. The average molecular weight is 234 g/mol. The summed E-state index contributed by atoms with van der Waals surface area (Å²) in [4.78, 5) is 0. The second kappa shape index (κ2) is 3.58. The van der Waals surface area contributed by atoms with E-state index in [9.17, 15) is 0 Å². The number of nitrogens with zero attached hydrogens (tertiary/aromatic N) is 1. The summed E-state index contributed by atoms with van der Waals surface area (Å²) in [6.45, 7) is 0.209. The van der Waals surface area contributed by atoms with E-state index >= 15 is 0 Å². The van der Waals surface area contributed by atoms with Crippen molar-refractivity contribution in [2.45, 2.75) is 0 Å². The van der Waals surface area contributed by atoms with E-state index < -0.39 is 0 Å². The quantitative estimate of drug-likeness (QED) is 0.851. The van der Waals surface area contributed by atoms with Gasteiger partial charge in [0.15, 0.2) is 11.5 Å². The molecule has 0 aliphatic carbocycles. The van der Waals surface area contributed by atoms with Crippen molar-refractivity contribution in [3.05, 3.63) is 18.3 Å². The maximum atomic E-state index is 5.68. The summed E-state index contributed by atoms with van der Waals surface area (Å²) in [5.74, 6) is 2.17. The van der Waals surface area contributed by atoms with Crippen LogP contribution in [0.3, 0.4) is 0 Å².